The molecule has 0 unspecified atom stereocenters. The average molecular weight is 279 g/mol. The molecule has 0 aliphatic rings. The summed E-state index contributed by atoms with van der Waals surface area (Å²) in [6, 6.07) is 4.42. The van der Waals surface area contributed by atoms with Crippen LogP contribution >= 0.6 is 0 Å². The summed E-state index contributed by atoms with van der Waals surface area (Å²) in [5.74, 6) is -2.03. The quantitative estimate of drug-likeness (QED) is 0.929. The van der Waals surface area contributed by atoms with Gasteiger partial charge >= 0.3 is 0 Å². The first-order valence-corrected chi connectivity index (χ1v) is 6.22. The van der Waals surface area contributed by atoms with E-state index in [1.165, 1.54) is 19.2 Å². The monoisotopic (exact) mass is 279 g/mol. The zero-order valence-corrected chi connectivity index (χ0v) is 11.3. The molecule has 0 aliphatic carbocycles. The molecule has 1 heterocycles. The highest BCUT2D eigenvalue weighted by Gasteiger charge is 2.21. The van der Waals surface area contributed by atoms with Crippen LogP contribution in [0.2, 0.25) is 0 Å². The summed E-state index contributed by atoms with van der Waals surface area (Å²) in [6.45, 7) is 1.94. The van der Waals surface area contributed by atoms with Crippen LogP contribution in [0.25, 0.3) is 0 Å². The molecule has 0 saturated carbocycles. The molecule has 2 N–H and O–H groups in total. The van der Waals surface area contributed by atoms with Gasteiger partial charge in [0, 0.05) is 13.5 Å². The number of aryl methyl sites for hydroxylation is 2. The molecular formula is C14H15F2N3O. The third-order valence-corrected chi connectivity index (χ3v) is 3.20. The summed E-state index contributed by atoms with van der Waals surface area (Å²) in [5.41, 5.74) is 6.76. The fraction of sp³-hybridized carbons (Fsp3) is 0.286. The number of nitrogens with two attached hydrogens (primary N) is 1. The average Bonchev–Trinajstić information content (AvgIpc) is 2.65. The number of rotatable bonds is 4. The number of primary amides is 1. The van der Waals surface area contributed by atoms with Crippen molar-refractivity contribution in [3.63, 3.8) is 0 Å². The molecule has 0 spiro atoms. The van der Waals surface area contributed by atoms with Crippen LogP contribution in [0.1, 0.15) is 34.1 Å². The first kappa shape index (κ1) is 14.2. The molecule has 4 nitrogen and oxygen atoms in total. The topological polar surface area (TPSA) is 60.9 Å². The molecule has 6 heteroatoms. The maximum Gasteiger partial charge on any atom is 0.255 e. The molecule has 0 saturated heterocycles. The van der Waals surface area contributed by atoms with Gasteiger partial charge in [-0.1, -0.05) is 13.0 Å². The molecule has 0 fully saturated rings. The van der Waals surface area contributed by atoms with E-state index in [2.05, 4.69) is 5.10 Å². The predicted molar refractivity (Wildman–Crippen MR) is 70.3 cm³/mol. The molecule has 20 heavy (non-hydrogen) atoms. The predicted octanol–water partition coefficient (Wildman–Crippen LogP) is 1.95. The molecule has 0 atom stereocenters. The van der Waals surface area contributed by atoms with E-state index in [1.54, 1.807) is 6.07 Å². The smallest absolute Gasteiger partial charge is 0.255 e. The van der Waals surface area contributed by atoms with E-state index < -0.39 is 11.9 Å². The van der Waals surface area contributed by atoms with E-state index in [-0.39, 0.29) is 23.5 Å². The Morgan fingerprint density at radius 2 is 2.05 bits per heavy atom. The van der Waals surface area contributed by atoms with Gasteiger partial charge < -0.3 is 5.73 Å². The lowest BCUT2D eigenvalue weighted by Crippen LogP contribution is -2.15. The van der Waals surface area contributed by atoms with Crippen LogP contribution in [0.5, 0.6) is 0 Å². The second-order valence-corrected chi connectivity index (χ2v) is 4.54. The molecule has 1 aromatic heterocycles. The van der Waals surface area contributed by atoms with Gasteiger partial charge in [0.1, 0.15) is 11.4 Å². The number of carbonyl (C=O) groups is 1. The molecule has 106 valence electrons. The summed E-state index contributed by atoms with van der Waals surface area (Å²) in [5, 5.41) is 3.95. The van der Waals surface area contributed by atoms with Crippen LogP contribution in [-0.4, -0.2) is 15.7 Å². The van der Waals surface area contributed by atoms with Crippen LogP contribution < -0.4 is 5.73 Å². The Labute approximate surface area is 115 Å². The Morgan fingerprint density at radius 1 is 1.35 bits per heavy atom. The van der Waals surface area contributed by atoms with Crippen molar-refractivity contribution < 1.29 is 13.6 Å². The zero-order valence-electron chi connectivity index (χ0n) is 11.3. The molecular weight excluding hydrogens is 264 g/mol. The van der Waals surface area contributed by atoms with Crippen LogP contribution in [0.4, 0.5) is 8.78 Å². The molecule has 2 rings (SSSR count). The number of hydrogen-bond acceptors (Lipinski definition) is 2. The maximum absolute atomic E-state index is 13.8. The number of halogens is 2. The van der Waals surface area contributed by atoms with E-state index in [0.717, 1.165) is 10.2 Å². The van der Waals surface area contributed by atoms with Crippen LogP contribution in [0, 0.1) is 11.8 Å². The number of carbonyl (C=O) groups excluding carboxylic acids is 1. The summed E-state index contributed by atoms with van der Waals surface area (Å²) < 4.78 is 28.1. The minimum absolute atomic E-state index is 0.164. The normalized spacial score (nSPS) is 10.8. The van der Waals surface area contributed by atoms with Crippen molar-refractivity contribution in [1.29, 1.82) is 0 Å². The van der Waals surface area contributed by atoms with Crippen molar-refractivity contribution in [2.45, 2.75) is 19.8 Å². The first-order valence-electron chi connectivity index (χ1n) is 6.22. The Hall–Kier alpha value is -2.24. The SMILES string of the molecule is CCc1ccc(F)cc1Cc1nn(C)c(F)c1C(N)=O. The number of amides is 1. The lowest BCUT2D eigenvalue weighted by Gasteiger charge is -2.07. The molecule has 1 amide bonds. The summed E-state index contributed by atoms with van der Waals surface area (Å²) in [6.07, 6.45) is 0.869. The van der Waals surface area contributed by atoms with Gasteiger partial charge in [0.25, 0.3) is 5.91 Å². The van der Waals surface area contributed by atoms with Gasteiger partial charge in [-0.05, 0) is 29.7 Å². The third kappa shape index (κ3) is 2.54. The minimum Gasteiger partial charge on any atom is -0.365 e. The standard InChI is InChI=1S/C14H15F2N3O/c1-3-8-4-5-10(15)6-9(8)7-11-12(14(17)20)13(16)19(2)18-11/h4-6H,3,7H2,1-2H3,(H2,17,20). The van der Waals surface area contributed by atoms with Crippen LogP contribution in [0.15, 0.2) is 18.2 Å². The number of benzene rings is 1. The number of nitrogens with zero attached hydrogens (tertiary/aromatic N) is 2. The summed E-state index contributed by atoms with van der Waals surface area (Å²) in [4.78, 5) is 11.3. The minimum atomic E-state index is -0.875. The molecule has 0 aliphatic heterocycles. The van der Waals surface area contributed by atoms with Gasteiger partial charge in [0.2, 0.25) is 5.95 Å². The van der Waals surface area contributed by atoms with Crippen molar-refractivity contribution in [2.75, 3.05) is 0 Å². The highest BCUT2D eigenvalue weighted by molar-refractivity contribution is 5.94. The summed E-state index contributed by atoms with van der Waals surface area (Å²) >= 11 is 0. The van der Waals surface area contributed by atoms with Gasteiger partial charge in [-0.2, -0.15) is 9.49 Å². The second-order valence-electron chi connectivity index (χ2n) is 4.54. The first-order chi connectivity index (χ1) is 9.43. The Morgan fingerprint density at radius 3 is 2.65 bits per heavy atom. The van der Waals surface area contributed by atoms with Crippen molar-refractivity contribution in [3.05, 3.63) is 52.3 Å². The van der Waals surface area contributed by atoms with E-state index in [0.29, 0.717) is 12.0 Å². The maximum atomic E-state index is 13.8. The van der Waals surface area contributed by atoms with Gasteiger partial charge in [-0.25, -0.2) is 9.07 Å². The molecule has 0 bridgehead atoms. The van der Waals surface area contributed by atoms with E-state index in [4.69, 9.17) is 5.73 Å². The van der Waals surface area contributed by atoms with Crippen LogP contribution in [-0.2, 0) is 19.9 Å². The van der Waals surface area contributed by atoms with Gasteiger partial charge in [0.05, 0.1) is 5.69 Å². The summed E-state index contributed by atoms with van der Waals surface area (Å²) in [7, 11) is 1.39. The number of hydrogen-bond donors (Lipinski definition) is 1. The third-order valence-electron chi connectivity index (χ3n) is 3.20. The lowest BCUT2D eigenvalue weighted by atomic mass is 9.99. The van der Waals surface area contributed by atoms with Crippen molar-refractivity contribution in [2.24, 2.45) is 12.8 Å². The Balaban J connectivity index is 2.47. The highest BCUT2D eigenvalue weighted by atomic mass is 19.1. The highest BCUT2D eigenvalue weighted by Crippen LogP contribution is 2.20. The van der Waals surface area contributed by atoms with E-state index in [9.17, 15) is 13.6 Å². The van der Waals surface area contributed by atoms with Crippen molar-refractivity contribution in [3.8, 4) is 0 Å². The Kier molecular flexibility index (Phi) is 3.83. The molecule has 2 aromatic rings. The lowest BCUT2D eigenvalue weighted by molar-refractivity contribution is 0.0995. The molecule has 0 radical (unpaired) electrons. The van der Waals surface area contributed by atoms with Gasteiger partial charge in [-0.15, -0.1) is 0 Å². The van der Waals surface area contributed by atoms with Crippen LogP contribution in [0.3, 0.4) is 0 Å². The van der Waals surface area contributed by atoms with E-state index in [1.807, 2.05) is 6.92 Å². The van der Waals surface area contributed by atoms with Crippen molar-refractivity contribution >= 4 is 5.91 Å². The Bertz CT molecular complexity index is 665. The fourth-order valence-corrected chi connectivity index (χ4v) is 2.21. The zero-order chi connectivity index (χ0) is 14.9. The largest absolute Gasteiger partial charge is 0.365 e. The number of aromatic nitrogens is 2. The second kappa shape index (κ2) is 5.40. The van der Waals surface area contributed by atoms with Crippen molar-refractivity contribution in [1.82, 2.24) is 9.78 Å². The van der Waals surface area contributed by atoms with Gasteiger partial charge in [-0.3, -0.25) is 4.79 Å². The molecule has 1 aromatic carbocycles. The van der Waals surface area contributed by atoms with E-state index >= 15 is 0 Å². The van der Waals surface area contributed by atoms with Gasteiger partial charge in [0.15, 0.2) is 0 Å². The fourth-order valence-electron chi connectivity index (χ4n) is 2.21.